The summed E-state index contributed by atoms with van der Waals surface area (Å²) in [6, 6.07) is 12.8. The molecular weight excluding hydrogens is 289 g/mol. The van der Waals surface area contributed by atoms with Gasteiger partial charge >= 0.3 is 0 Å². The molecule has 1 N–H and O–H groups in total. The van der Waals surface area contributed by atoms with E-state index < -0.39 is 15.8 Å². The largest absolute Gasteiger partial charge is 0.243 e. The molecule has 1 atom stereocenters. The van der Waals surface area contributed by atoms with E-state index in [1.54, 1.807) is 6.92 Å². The number of sulfonamides is 1. The summed E-state index contributed by atoms with van der Waals surface area (Å²) in [5.74, 6) is -0.743. The summed E-state index contributed by atoms with van der Waals surface area (Å²) in [5, 5.41) is 0. The van der Waals surface area contributed by atoms with Crippen LogP contribution in [0.15, 0.2) is 53.4 Å². The average Bonchev–Trinajstić information content (AvgIpc) is 2.41. The minimum atomic E-state index is -3.85. The fourth-order valence-electron chi connectivity index (χ4n) is 2.20. The quantitative estimate of drug-likeness (QED) is 0.923. The van der Waals surface area contributed by atoms with Gasteiger partial charge in [-0.1, -0.05) is 36.4 Å². The zero-order valence-corrected chi connectivity index (χ0v) is 12.8. The molecule has 2 rings (SSSR count). The van der Waals surface area contributed by atoms with E-state index in [0.717, 1.165) is 17.2 Å². The van der Waals surface area contributed by atoms with Crippen molar-refractivity contribution in [1.82, 2.24) is 4.72 Å². The Balaban J connectivity index is 2.14. The molecular formula is C16H18FNO2S. The van der Waals surface area contributed by atoms with Gasteiger partial charge < -0.3 is 0 Å². The minimum Gasteiger partial charge on any atom is -0.208 e. The number of aryl methyl sites for hydroxylation is 1. The monoisotopic (exact) mass is 307 g/mol. The summed E-state index contributed by atoms with van der Waals surface area (Å²) < 4.78 is 40.5. The Labute approximate surface area is 124 Å². The minimum absolute atomic E-state index is 0.318. The zero-order valence-electron chi connectivity index (χ0n) is 12.0. The normalized spacial score (nSPS) is 13.1. The summed E-state index contributed by atoms with van der Waals surface area (Å²) in [5.41, 5.74) is 2.18. The van der Waals surface area contributed by atoms with Crippen molar-refractivity contribution >= 4 is 10.0 Å². The van der Waals surface area contributed by atoms with Gasteiger partial charge in [0, 0.05) is 6.04 Å². The fourth-order valence-corrected chi connectivity index (χ4v) is 3.52. The number of rotatable bonds is 5. The van der Waals surface area contributed by atoms with Crippen molar-refractivity contribution in [1.29, 1.82) is 0 Å². The second-order valence-electron chi connectivity index (χ2n) is 5.08. The zero-order chi connectivity index (χ0) is 15.5. The van der Waals surface area contributed by atoms with Gasteiger partial charge in [-0.05, 0) is 43.5 Å². The molecule has 2 aromatic rings. The molecule has 0 aliphatic heterocycles. The third-order valence-electron chi connectivity index (χ3n) is 3.27. The maximum absolute atomic E-state index is 13.6. The van der Waals surface area contributed by atoms with Gasteiger partial charge in [-0.2, -0.15) is 0 Å². The molecule has 0 heterocycles. The highest BCUT2D eigenvalue weighted by Crippen LogP contribution is 2.15. The third kappa shape index (κ3) is 3.89. The second kappa shape index (κ2) is 6.37. The predicted octanol–water partition coefficient (Wildman–Crippen LogP) is 3.04. The highest BCUT2D eigenvalue weighted by atomic mass is 32.2. The average molecular weight is 307 g/mol. The maximum Gasteiger partial charge on any atom is 0.243 e. The second-order valence-corrected chi connectivity index (χ2v) is 6.77. The van der Waals surface area contributed by atoms with E-state index in [4.69, 9.17) is 0 Å². The van der Waals surface area contributed by atoms with Gasteiger partial charge in [-0.25, -0.2) is 17.5 Å². The van der Waals surface area contributed by atoms with Crippen molar-refractivity contribution in [3.05, 3.63) is 65.5 Å². The van der Waals surface area contributed by atoms with Crippen molar-refractivity contribution in [2.45, 2.75) is 31.2 Å². The Morgan fingerprint density at radius 1 is 1.10 bits per heavy atom. The van der Waals surface area contributed by atoms with E-state index in [1.165, 1.54) is 18.2 Å². The van der Waals surface area contributed by atoms with Crippen LogP contribution in [0.3, 0.4) is 0 Å². The third-order valence-corrected chi connectivity index (χ3v) is 4.89. The van der Waals surface area contributed by atoms with Gasteiger partial charge in [0.05, 0.1) is 0 Å². The van der Waals surface area contributed by atoms with Gasteiger partial charge in [0.1, 0.15) is 10.7 Å². The summed E-state index contributed by atoms with van der Waals surface area (Å²) in [4.78, 5) is -0.318. The van der Waals surface area contributed by atoms with Crippen LogP contribution in [0.4, 0.5) is 4.39 Å². The maximum atomic E-state index is 13.6. The Bertz CT molecular complexity index is 729. The summed E-state index contributed by atoms with van der Waals surface area (Å²) >= 11 is 0. The van der Waals surface area contributed by atoms with E-state index in [2.05, 4.69) is 4.72 Å². The first-order valence-electron chi connectivity index (χ1n) is 6.71. The lowest BCUT2D eigenvalue weighted by atomic mass is 10.0. The van der Waals surface area contributed by atoms with E-state index in [9.17, 15) is 12.8 Å². The Hall–Kier alpha value is -1.72. The van der Waals surface area contributed by atoms with E-state index in [-0.39, 0.29) is 10.9 Å². The van der Waals surface area contributed by atoms with Gasteiger partial charge in [-0.3, -0.25) is 0 Å². The molecule has 0 bridgehead atoms. The number of hydrogen-bond acceptors (Lipinski definition) is 2. The lowest BCUT2D eigenvalue weighted by molar-refractivity contribution is 0.542. The molecule has 0 aromatic heterocycles. The molecule has 0 aliphatic carbocycles. The summed E-state index contributed by atoms with van der Waals surface area (Å²) in [6.45, 7) is 3.75. The molecule has 3 nitrogen and oxygen atoms in total. The molecule has 112 valence electrons. The number of hydrogen-bond donors (Lipinski definition) is 1. The van der Waals surface area contributed by atoms with E-state index in [0.29, 0.717) is 6.42 Å². The Morgan fingerprint density at radius 3 is 2.38 bits per heavy atom. The molecule has 0 radical (unpaired) electrons. The topological polar surface area (TPSA) is 46.2 Å². The SMILES string of the molecule is Cc1ccccc1CC(C)NS(=O)(=O)c1ccccc1F. The molecule has 2 aromatic carbocycles. The predicted molar refractivity (Wildman–Crippen MR) is 81.1 cm³/mol. The van der Waals surface area contributed by atoms with Crippen molar-refractivity contribution in [3.8, 4) is 0 Å². The molecule has 1 unspecified atom stereocenters. The van der Waals surface area contributed by atoms with Crippen LogP contribution < -0.4 is 4.72 Å². The van der Waals surface area contributed by atoms with E-state index in [1.807, 2.05) is 31.2 Å². The van der Waals surface area contributed by atoms with Crippen LogP contribution in [0, 0.1) is 12.7 Å². The molecule has 0 saturated carbocycles. The van der Waals surface area contributed by atoms with Gasteiger partial charge in [0.15, 0.2) is 0 Å². The highest BCUT2D eigenvalue weighted by Gasteiger charge is 2.21. The first kappa shape index (κ1) is 15.7. The highest BCUT2D eigenvalue weighted by molar-refractivity contribution is 7.89. The van der Waals surface area contributed by atoms with Crippen LogP contribution in [-0.2, 0) is 16.4 Å². The number of halogens is 1. The van der Waals surface area contributed by atoms with Crippen LogP contribution in [0.1, 0.15) is 18.1 Å². The first-order chi connectivity index (χ1) is 9.90. The van der Waals surface area contributed by atoms with Gasteiger partial charge in [-0.15, -0.1) is 0 Å². The van der Waals surface area contributed by atoms with Crippen LogP contribution >= 0.6 is 0 Å². The lowest BCUT2D eigenvalue weighted by Crippen LogP contribution is -2.34. The first-order valence-corrected chi connectivity index (χ1v) is 8.20. The molecule has 0 aliphatic rings. The lowest BCUT2D eigenvalue weighted by Gasteiger charge is -2.16. The van der Waals surface area contributed by atoms with Crippen molar-refractivity contribution in [3.63, 3.8) is 0 Å². The van der Waals surface area contributed by atoms with Gasteiger partial charge in [0.2, 0.25) is 10.0 Å². The van der Waals surface area contributed by atoms with Crippen LogP contribution in [0.2, 0.25) is 0 Å². The van der Waals surface area contributed by atoms with Crippen molar-refractivity contribution in [2.24, 2.45) is 0 Å². The van der Waals surface area contributed by atoms with Gasteiger partial charge in [0.25, 0.3) is 0 Å². The van der Waals surface area contributed by atoms with Crippen LogP contribution in [0.5, 0.6) is 0 Å². The van der Waals surface area contributed by atoms with Crippen LogP contribution in [-0.4, -0.2) is 14.5 Å². The Morgan fingerprint density at radius 2 is 1.71 bits per heavy atom. The van der Waals surface area contributed by atoms with Crippen molar-refractivity contribution in [2.75, 3.05) is 0 Å². The van der Waals surface area contributed by atoms with E-state index >= 15 is 0 Å². The molecule has 21 heavy (non-hydrogen) atoms. The summed E-state index contributed by atoms with van der Waals surface area (Å²) in [7, 11) is -3.85. The van der Waals surface area contributed by atoms with Crippen molar-refractivity contribution < 1.29 is 12.8 Å². The smallest absolute Gasteiger partial charge is 0.208 e. The fraction of sp³-hybridized carbons (Fsp3) is 0.250. The number of nitrogens with one attached hydrogen (secondary N) is 1. The molecule has 0 amide bonds. The number of benzene rings is 2. The van der Waals surface area contributed by atoms with Crippen LogP contribution in [0.25, 0.3) is 0 Å². The molecule has 0 spiro atoms. The Kier molecular flexibility index (Phi) is 4.75. The standard InChI is InChI=1S/C16H18FNO2S/c1-12-7-3-4-8-14(12)11-13(2)18-21(19,20)16-10-6-5-9-15(16)17/h3-10,13,18H,11H2,1-2H3. The molecule has 0 fully saturated rings. The molecule has 0 saturated heterocycles. The molecule has 5 heteroatoms. The summed E-state index contributed by atoms with van der Waals surface area (Å²) in [6.07, 6.45) is 0.556.